The van der Waals surface area contributed by atoms with Gasteiger partial charge in [-0.15, -0.1) is 11.3 Å². The van der Waals surface area contributed by atoms with E-state index < -0.39 is 10.0 Å². The SMILES string of the molecule is Cn1c(-c2nc(C(=O)NCCc3ccc(S(N)(=O)=O)cc3)cs2)cc2ccccc21. The Labute approximate surface area is 178 Å². The molecular formula is C21H20N4O3S2. The summed E-state index contributed by atoms with van der Waals surface area (Å²) in [6.07, 6.45) is 0.566. The fourth-order valence-electron chi connectivity index (χ4n) is 3.25. The topological polar surface area (TPSA) is 107 Å². The number of primary sulfonamides is 1. The van der Waals surface area contributed by atoms with E-state index in [2.05, 4.69) is 33.1 Å². The van der Waals surface area contributed by atoms with E-state index in [0.717, 1.165) is 27.2 Å². The number of fused-ring (bicyclic) bond motifs is 1. The van der Waals surface area contributed by atoms with Crippen LogP contribution in [0, 0.1) is 0 Å². The van der Waals surface area contributed by atoms with Crippen molar-refractivity contribution in [2.45, 2.75) is 11.3 Å². The number of hydrogen-bond donors (Lipinski definition) is 2. The molecule has 2 aromatic heterocycles. The van der Waals surface area contributed by atoms with E-state index in [0.29, 0.717) is 18.7 Å². The molecule has 0 aliphatic heterocycles. The van der Waals surface area contributed by atoms with Crippen LogP contribution in [0.3, 0.4) is 0 Å². The molecule has 9 heteroatoms. The van der Waals surface area contributed by atoms with Crippen molar-refractivity contribution in [1.29, 1.82) is 0 Å². The van der Waals surface area contributed by atoms with Gasteiger partial charge in [0.1, 0.15) is 10.7 Å². The molecule has 3 N–H and O–H groups in total. The normalized spacial score (nSPS) is 11.7. The first-order chi connectivity index (χ1) is 14.3. The van der Waals surface area contributed by atoms with E-state index in [1.54, 1.807) is 17.5 Å². The van der Waals surface area contributed by atoms with E-state index in [9.17, 15) is 13.2 Å². The van der Waals surface area contributed by atoms with Gasteiger partial charge in [0.25, 0.3) is 5.91 Å². The molecular weight excluding hydrogens is 420 g/mol. The molecule has 30 heavy (non-hydrogen) atoms. The molecule has 0 aliphatic carbocycles. The van der Waals surface area contributed by atoms with Crippen LogP contribution < -0.4 is 10.5 Å². The van der Waals surface area contributed by atoms with Gasteiger partial charge in [-0.1, -0.05) is 30.3 Å². The van der Waals surface area contributed by atoms with Crippen LogP contribution in [-0.4, -0.2) is 30.4 Å². The quantitative estimate of drug-likeness (QED) is 0.481. The highest BCUT2D eigenvalue weighted by atomic mass is 32.2. The third-order valence-corrected chi connectivity index (χ3v) is 6.65. The van der Waals surface area contributed by atoms with Gasteiger partial charge in [0.2, 0.25) is 10.0 Å². The second-order valence-electron chi connectivity index (χ2n) is 6.88. The summed E-state index contributed by atoms with van der Waals surface area (Å²) in [7, 11) is -1.71. The Kier molecular flexibility index (Phi) is 5.42. The Bertz CT molecular complexity index is 1320. The molecule has 0 unspecified atom stereocenters. The lowest BCUT2D eigenvalue weighted by molar-refractivity contribution is 0.0950. The average molecular weight is 441 g/mol. The van der Waals surface area contributed by atoms with Crippen molar-refractivity contribution in [3.05, 3.63) is 71.2 Å². The van der Waals surface area contributed by atoms with Crippen LogP contribution in [0.4, 0.5) is 0 Å². The van der Waals surface area contributed by atoms with Gasteiger partial charge in [0.05, 0.1) is 10.6 Å². The molecule has 0 aliphatic rings. The Morgan fingerprint density at radius 3 is 2.60 bits per heavy atom. The molecule has 2 heterocycles. The molecule has 154 valence electrons. The lowest BCUT2D eigenvalue weighted by atomic mass is 10.1. The number of rotatable bonds is 6. The Balaban J connectivity index is 1.40. The number of aromatic nitrogens is 2. The summed E-state index contributed by atoms with van der Waals surface area (Å²) in [6.45, 7) is 0.411. The summed E-state index contributed by atoms with van der Waals surface area (Å²) in [6, 6.07) is 16.5. The lowest BCUT2D eigenvalue weighted by Crippen LogP contribution is -2.26. The van der Waals surface area contributed by atoms with Crippen molar-refractivity contribution in [3.8, 4) is 10.7 Å². The molecule has 0 bridgehead atoms. The van der Waals surface area contributed by atoms with E-state index in [1.807, 2.05) is 19.2 Å². The molecule has 1 amide bonds. The second kappa shape index (κ2) is 8.02. The largest absolute Gasteiger partial charge is 0.350 e. The molecule has 7 nitrogen and oxygen atoms in total. The fraction of sp³-hybridized carbons (Fsp3) is 0.143. The van der Waals surface area contributed by atoms with Gasteiger partial charge in [-0.05, 0) is 36.2 Å². The van der Waals surface area contributed by atoms with Gasteiger partial charge < -0.3 is 9.88 Å². The predicted octanol–water partition coefficient (Wildman–Crippen LogP) is 2.92. The molecule has 0 fully saturated rings. The minimum absolute atomic E-state index is 0.0682. The van der Waals surface area contributed by atoms with Crippen LogP contribution in [0.1, 0.15) is 16.1 Å². The number of benzene rings is 2. The molecule has 4 rings (SSSR count). The molecule has 0 saturated heterocycles. The van der Waals surface area contributed by atoms with Gasteiger partial charge in [-0.25, -0.2) is 18.5 Å². The summed E-state index contributed by atoms with van der Waals surface area (Å²) in [5, 5.41) is 11.6. The zero-order valence-corrected chi connectivity index (χ0v) is 17.8. The molecule has 0 spiro atoms. The second-order valence-corrected chi connectivity index (χ2v) is 9.30. The number of carbonyl (C=O) groups is 1. The smallest absolute Gasteiger partial charge is 0.270 e. The zero-order chi connectivity index (χ0) is 21.3. The first-order valence-electron chi connectivity index (χ1n) is 9.23. The molecule has 2 aromatic carbocycles. The number of nitrogens with one attached hydrogen (secondary N) is 1. The number of hydrogen-bond acceptors (Lipinski definition) is 5. The maximum absolute atomic E-state index is 12.5. The lowest BCUT2D eigenvalue weighted by Gasteiger charge is -2.05. The van der Waals surface area contributed by atoms with Crippen LogP contribution in [0.25, 0.3) is 21.6 Å². The van der Waals surface area contributed by atoms with Crippen molar-refractivity contribution >= 4 is 38.2 Å². The van der Waals surface area contributed by atoms with Crippen molar-refractivity contribution in [2.75, 3.05) is 6.54 Å². The zero-order valence-electron chi connectivity index (χ0n) is 16.2. The Morgan fingerprint density at radius 2 is 1.90 bits per heavy atom. The maximum Gasteiger partial charge on any atom is 0.270 e. The van der Waals surface area contributed by atoms with Crippen molar-refractivity contribution in [1.82, 2.24) is 14.9 Å². The maximum atomic E-state index is 12.5. The highest BCUT2D eigenvalue weighted by Crippen LogP contribution is 2.29. The van der Waals surface area contributed by atoms with Crippen LogP contribution in [0.2, 0.25) is 0 Å². The number of nitrogens with zero attached hydrogens (tertiary/aromatic N) is 2. The van der Waals surface area contributed by atoms with Crippen molar-refractivity contribution in [3.63, 3.8) is 0 Å². The van der Waals surface area contributed by atoms with Gasteiger partial charge in [0.15, 0.2) is 0 Å². The van der Waals surface area contributed by atoms with Gasteiger partial charge in [-0.3, -0.25) is 4.79 Å². The van der Waals surface area contributed by atoms with Gasteiger partial charge in [-0.2, -0.15) is 0 Å². The standard InChI is InChI=1S/C21H20N4O3S2/c1-25-18-5-3-2-4-15(18)12-19(25)21-24-17(13-29-21)20(26)23-11-10-14-6-8-16(9-7-14)30(22,27)28/h2-9,12-13H,10-11H2,1H3,(H,23,26)(H2,22,27,28). The monoisotopic (exact) mass is 440 g/mol. The summed E-state index contributed by atoms with van der Waals surface area (Å²) >= 11 is 1.43. The summed E-state index contributed by atoms with van der Waals surface area (Å²) in [4.78, 5) is 17.0. The van der Waals surface area contributed by atoms with Gasteiger partial charge in [0, 0.05) is 29.9 Å². The van der Waals surface area contributed by atoms with Crippen molar-refractivity contribution in [2.24, 2.45) is 12.2 Å². The first-order valence-corrected chi connectivity index (χ1v) is 11.7. The fourth-order valence-corrected chi connectivity index (χ4v) is 4.61. The number of amides is 1. The van der Waals surface area contributed by atoms with Crippen LogP contribution >= 0.6 is 11.3 Å². The number of carbonyl (C=O) groups excluding carboxylic acids is 1. The summed E-state index contributed by atoms with van der Waals surface area (Å²) in [5.74, 6) is -0.238. The molecule has 0 atom stereocenters. The highest BCUT2D eigenvalue weighted by Gasteiger charge is 2.15. The van der Waals surface area contributed by atoms with Crippen LogP contribution in [-0.2, 0) is 23.5 Å². The van der Waals surface area contributed by atoms with E-state index in [1.165, 1.54) is 23.5 Å². The molecule has 0 radical (unpaired) electrons. The molecule has 4 aromatic rings. The highest BCUT2D eigenvalue weighted by molar-refractivity contribution is 7.89. The number of thiazole rings is 1. The Hall–Kier alpha value is -3.01. The third-order valence-electron chi connectivity index (χ3n) is 4.86. The van der Waals surface area contributed by atoms with Crippen LogP contribution in [0.15, 0.2) is 64.9 Å². The molecule has 0 saturated carbocycles. The van der Waals surface area contributed by atoms with E-state index in [-0.39, 0.29) is 10.8 Å². The predicted molar refractivity (Wildman–Crippen MR) is 118 cm³/mol. The Morgan fingerprint density at radius 1 is 1.17 bits per heavy atom. The van der Waals surface area contributed by atoms with E-state index in [4.69, 9.17) is 5.14 Å². The number of para-hydroxylation sites is 1. The van der Waals surface area contributed by atoms with Crippen LogP contribution in [0.5, 0.6) is 0 Å². The van der Waals surface area contributed by atoms with Gasteiger partial charge >= 0.3 is 0 Å². The minimum Gasteiger partial charge on any atom is -0.350 e. The van der Waals surface area contributed by atoms with Crippen molar-refractivity contribution < 1.29 is 13.2 Å². The number of sulfonamides is 1. The number of aryl methyl sites for hydroxylation is 1. The third kappa shape index (κ3) is 4.13. The summed E-state index contributed by atoms with van der Waals surface area (Å²) < 4.78 is 24.7. The summed E-state index contributed by atoms with van der Waals surface area (Å²) in [5.41, 5.74) is 3.36. The first kappa shape index (κ1) is 20.3. The van der Waals surface area contributed by atoms with E-state index >= 15 is 0 Å². The average Bonchev–Trinajstić information content (AvgIpc) is 3.33. The minimum atomic E-state index is -3.70. The number of nitrogens with two attached hydrogens (primary N) is 1.